The van der Waals surface area contributed by atoms with E-state index in [1.54, 1.807) is 12.1 Å². The molecule has 2 heterocycles. The zero-order valence-electron chi connectivity index (χ0n) is 8.74. The fraction of sp³-hybridized carbons (Fsp3) is 0.400. The summed E-state index contributed by atoms with van der Waals surface area (Å²) in [4.78, 5) is 17.4. The van der Waals surface area contributed by atoms with Crippen LogP contribution < -0.4 is 16.0 Å². The summed E-state index contributed by atoms with van der Waals surface area (Å²) in [5.74, 6) is 0.653. The Morgan fingerprint density at radius 3 is 3.06 bits per heavy atom. The molecular weight excluding hydrogens is 228 g/mol. The predicted octanol–water partition coefficient (Wildman–Crippen LogP) is 0.643. The Balaban J connectivity index is 2.24. The second kappa shape index (κ2) is 4.57. The molecule has 0 radical (unpaired) electrons. The molecule has 0 aromatic carbocycles. The molecule has 0 aliphatic carbocycles. The lowest BCUT2D eigenvalue weighted by Gasteiger charge is -2.20. The number of nitrogens with zero attached hydrogens (tertiary/aromatic N) is 2. The summed E-state index contributed by atoms with van der Waals surface area (Å²) in [7, 11) is 0. The lowest BCUT2D eigenvalue weighted by molar-refractivity contribution is -0.119. The van der Waals surface area contributed by atoms with Gasteiger partial charge in [0.2, 0.25) is 5.91 Å². The molecule has 1 aromatic heterocycles. The molecule has 1 aromatic rings. The third-order valence-electron chi connectivity index (χ3n) is 2.39. The molecule has 86 valence electrons. The highest BCUT2D eigenvalue weighted by Gasteiger charge is 2.16. The van der Waals surface area contributed by atoms with Crippen molar-refractivity contribution >= 4 is 29.0 Å². The van der Waals surface area contributed by atoms with Crippen LogP contribution in [0.2, 0.25) is 5.15 Å². The van der Waals surface area contributed by atoms with Crippen molar-refractivity contribution in [2.45, 2.75) is 6.42 Å². The van der Waals surface area contributed by atoms with Crippen molar-refractivity contribution in [1.29, 1.82) is 0 Å². The van der Waals surface area contributed by atoms with Crippen molar-refractivity contribution in [3.63, 3.8) is 0 Å². The second-order valence-electron chi connectivity index (χ2n) is 3.71. The lowest BCUT2D eigenvalue weighted by Crippen LogP contribution is -2.33. The predicted molar refractivity (Wildman–Crippen MR) is 63.5 cm³/mol. The molecule has 16 heavy (non-hydrogen) atoms. The Kier molecular flexibility index (Phi) is 3.14. The quantitative estimate of drug-likeness (QED) is 0.707. The number of hydrogen-bond donors (Lipinski definition) is 2. The number of halogens is 1. The molecule has 1 saturated heterocycles. The SMILES string of the molecule is Nc1cc(Cl)nc(N2CCCNC(=O)C2)c1. The van der Waals surface area contributed by atoms with Crippen LogP contribution in [0.5, 0.6) is 0 Å². The fourth-order valence-electron chi connectivity index (χ4n) is 1.67. The van der Waals surface area contributed by atoms with Crippen LogP contribution in [-0.2, 0) is 4.79 Å². The monoisotopic (exact) mass is 240 g/mol. The van der Waals surface area contributed by atoms with E-state index >= 15 is 0 Å². The van der Waals surface area contributed by atoms with E-state index in [1.807, 2.05) is 4.90 Å². The number of rotatable bonds is 1. The highest BCUT2D eigenvalue weighted by Crippen LogP contribution is 2.20. The van der Waals surface area contributed by atoms with Crippen LogP contribution in [0.3, 0.4) is 0 Å². The van der Waals surface area contributed by atoms with E-state index in [0.717, 1.165) is 13.0 Å². The Morgan fingerprint density at radius 2 is 2.31 bits per heavy atom. The summed E-state index contributed by atoms with van der Waals surface area (Å²) in [5, 5.41) is 3.15. The molecule has 1 aliphatic heterocycles. The van der Waals surface area contributed by atoms with E-state index in [1.165, 1.54) is 0 Å². The van der Waals surface area contributed by atoms with Crippen molar-refractivity contribution in [2.24, 2.45) is 0 Å². The van der Waals surface area contributed by atoms with Crippen LogP contribution >= 0.6 is 11.6 Å². The van der Waals surface area contributed by atoms with Crippen LogP contribution in [0.15, 0.2) is 12.1 Å². The van der Waals surface area contributed by atoms with Gasteiger partial charge in [-0.3, -0.25) is 4.79 Å². The topological polar surface area (TPSA) is 71.2 Å². The number of anilines is 2. The average molecular weight is 241 g/mol. The van der Waals surface area contributed by atoms with E-state index in [9.17, 15) is 4.79 Å². The third-order valence-corrected chi connectivity index (χ3v) is 2.58. The third kappa shape index (κ3) is 2.55. The van der Waals surface area contributed by atoms with Gasteiger partial charge in [-0.2, -0.15) is 0 Å². The van der Waals surface area contributed by atoms with Crippen molar-refractivity contribution in [1.82, 2.24) is 10.3 Å². The first-order valence-electron chi connectivity index (χ1n) is 5.10. The van der Waals surface area contributed by atoms with Gasteiger partial charge in [-0.05, 0) is 12.5 Å². The van der Waals surface area contributed by atoms with Gasteiger partial charge in [0.25, 0.3) is 0 Å². The van der Waals surface area contributed by atoms with E-state index in [-0.39, 0.29) is 5.91 Å². The number of pyridine rings is 1. The standard InChI is InChI=1S/C10H13ClN4O/c11-8-4-7(12)5-9(14-8)15-3-1-2-13-10(16)6-15/h4-5H,1-3,6H2,(H2,12,14)(H,13,16). The Hall–Kier alpha value is -1.49. The van der Waals surface area contributed by atoms with E-state index < -0.39 is 0 Å². The number of nitrogen functional groups attached to an aromatic ring is 1. The molecule has 6 heteroatoms. The number of nitrogens with two attached hydrogens (primary N) is 1. The minimum atomic E-state index is -0.00199. The molecule has 5 nitrogen and oxygen atoms in total. The molecule has 1 fully saturated rings. The number of nitrogens with one attached hydrogen (secondary N) is 1. The smallest absolute Gasteiger partial charge is 0.239 e. The van der Waals surface area contributed by atoms with Crippen LogP contribution in [0, 0.1) is 0 Å². The molecule has 0 atom stereocenters. The Morgan fingerprint density at radius 1 is 1.50 bits per heavy atom. The van der Waals surface area contributed by atoms with Crippen molar-refractivity contribution in [3.8, 4) is 0 Å². The molecule has 3 N–H and O–H groups in total. The molecule has 1 aliphatic rings. The maximum Gasteiger partial charge on any atom is 0.239 e. The van der Waals surface area contributed by atoms with Gasteiger partial charge >= 0.3 is 0 Å². The van der Waals surface area contributed by atoms with E-state index in [4.69, 9.17) is 17.3 Å². The maximum atomic E-state index is 11.4. The van der Waals surface area contributed by atoms with Crippen LogP contribution in [0.1, 0.15) is 6.42 Å². The van der Waals surface area contributed by atoms with Gasteiger partial charge < -0.3 is 16.0 Å². The Bertz CT molecular complexity index is 390. The van der Waals surface area contributed by atoms with Crippen LogP contribution in [-0.4, -0.2) is 30.5 Å². The first kappa shape index (κ1) is 11.0. The van der Waals surface area contributed by atoms with E-state index in [0.29, 0.717) is 29.7 Å². The summed E-state index contributed by atoms with van der Waals surface area (Å²) < 4.78 is 0. The number of carbonyl (C=O) groups is 1. The van der Waals surface area contributed by atoms with Gasteiger partial charge in [0, 0.05) is 24.8 Å². The highest BCUT2D eigenvalue weighted by molar-refractivity contribution is 6.29. The average Bonchev–Trinajstić information content (AvgIpc) is 2.41. The van der Waals surface area contributed by atoms with Gasteiger partial charge in [0.15, 0.2) is 0 Å². The number of carbonyl (C=O) groups excluding carboxylic acids is 1. The van der Waals surface area contributed by atoms with Gasteiger partial charge in [0.1, 0.15) is 11.0 Å². The van der Waals surface area contributed by atoms with Crippen molar-refractivity contribution in [3.05, 3.63) is 17.3 Å². The van der Waals surface area contributed by atoms with Crippen molar-refractivity contribution in [2.75, 3.05) is 30.3 Å². The van der Waals surface area contributed by atoms with E-state index in [2.05, 4.69) is 10.3 Å². The van der Waals surface area contributed by atoms with Crippen LogP contribution in [0.4, 0.5) is 11.5 Å². The number of hydrogen-bond acceptors (Lipinski definition) is 4. The zero-order valence-corrected chi connectivity index (χ0v) is 9.50. The molecule has 2 rings (SSSR count). The van der Waals surface area contributed by atoms with Crippen molar-refractivity contribution < 1.29 is 4.79 Å². The molecule has 0 saturated carbocycles. The minimum absolute atomic E-state index is 0.00199. The second-order valence-corrected chi connectivity index (χ2v) is 4.09. The highest BCUT2D eigenvalue weighted by atomic mass is 35.5. The van der Waals surface area contributed by atoms with Gasteiger partial charge in [-0.1, -0.05) is 11.6 Å². The maximum absolute atomic E-state index is 11.4. The van der Waals surface area contributed by atoms with Gasteiger partial charge in [-0.15, -0.1) is 0 Å². The molecule has 1 amide bonds. The summed E-state index contributed by atoms with van der Waals surface area (Å²) in [6.07, 6.45) is 0.889. The van der Waals surface area contributed by atoms with Gasteiger partial charge in [-0.25, -0.2) is 4.98 Å². The minimum Gasteiger partial charge on any atom is -0.399 e. The molecule has 0 spiro atoms. The lowest BCUT2D eigenvalue weighted by atomic mass is 10.3. The largest absolute Gasteiger partial charge is 0.399 e. The number of aromatic nitrogens is 1. The summed E-state index contributed by atoms with van der Waals surface area (Å²) in [6, 6.07) is 3.31. The molecular formula is C10H13ClN4O. The summed E-state index contributed by atoms with van der Waals surface area (Å²) in [5.41, 5.74) is 6.24. The number of amides is 1. The van der Waals surface area contributed by atoms with Crippen LogP contribution in [0.25, 0.3) is 0 Å². The summed E-state index contributed by atoms with van der Waals surface area (Å²) >= 11 is 5.83. The first-order chi connectivity index (χ1) is 7.65. The molecule has 0 bridgehead atoms. The summed E-state index contributed by atoms with van der Waals surface area (Å²) in [6.45, 7) is 1.77. The Labute approximate surface area is 98.6 Å². The van der Waals surface area contributed by atoms with Gasteiger partial charge in [0.05, 0.1) is 6.54 Å². The fourth-order valence-corrected chi connectivity index (χ4v) is 1.88. The molecule has 0 unspecified atom stereocenters. The normalized spacial score (nSPS) is 16.8. The first-order valence-corrected chi connectivity index (χ1v) is 5.47. The zero-order chi connectivity index (χ0) is 11.5.